The van der Waals surface area contributed by atoms with E-state index in [2.05, 4.69) is 10.5 Å². The van der Waals surface area contributed by atoms with Gasteiger partial charge in [0.05, 0.1) is 16.8 Å². The van der Waals surface area contributed by atoms with Gasteiger partial charge in [-0.1, -0.05) is 35.3 Å². The van der Waals surface area contributed by atoms with Crippen LogP contribution in [0.15, 0.2) is 47.6 Å². The minimum absolute atomic E-state index is 0.221. The Morgan fingerprint density at radius 2 is 1.82 bits per heavy atom. The van der Waals surface area contributed by atoms with E-state index in [1.807, 2.05) is 5.01 Å². The largest absolute Gasteiger partial charge is 0.284 e. The van der Waals surface area contributed by atoms with Gasteiger partial charge in [0.25, 0.3) is 5.91 Å². The van der Waals surface area contributed by atoms with Crippen molar-refractivity contribution >= 4 is 40.5 Å². The van der Waals surface area contributed by atoms with E-state index in [1.165, 1.54) is 12.1 Å². The molecule has 5 nitrogen and oxygen atoms in total. The third kappa shape index (κ3) is 3.99. The Balaban J connectivity index is 1.65. The van der Waals surface area contributed by atoms with E-state index in [0.29, 0.717) is 27.9 Å². The number of anilines is 1. The van der Waals surface area contributed by atoms with Gasteiger partial charge in [-0.3, -0.25) is 15.2 Å². The summed E-state index contributed by atoms with van der Waals surface area (Å²) in [6.45, 7) is 1.68. The zero-order valence-corrected chi connectivity index (χ0v) is 16.5. The second-order valence-electron chi connectivity index (χ2n) is 6.89. The van der Waals surface area contributed by atoms with E-state index in [-0.39, 0.29) is 17.8 Å². The molecule has 2 aliphatic rings. The van der Waals surface area contributed by atoms with Crippen molar-refractivity contribution in [3.8, 4) is 0 Å². The number of hydrazone groups is 1. The predicted octanol–water partition coefficient (Wildman–Crippen LogP) is 4.57. The standard InChI is InChI=1S/C20H19Cl2FN4O/c21-14-5-8-18(16(22)11-14)27-19(13-3-6-15(23)7-4-13)12-17(24-27)20(28)25-26-9-1-2-10-26/h3-8,11,19H,1-2,9-10,12H2,(H,25,28). The Morgan fingerprint density at radius 1 is 1.11 bits per heavy atom. The number of amides is 1. The quantitative estimate of drug-likeness (QED) is 0.787. The lowest BCUT2D eigenvalue weighted by Crippen LogP contribution is -2.43. The summed E-state index contributed by atoms with van der Waals surface area (Å²) >= 11 is 12.4. The van der Waals surface area contributed by atoms with Crippen molar-refractivity contribution in [1.82, 2.24) is 10.4 Å². The molecule has 1 N–H and O–H groups in total. The Hall–Kier alpha value is -2.15. The first-order valence-corrected chi connectivity index (χ1v) is 9.90. The lowest BCUT2D eigenvalue weighted by Gasteiger charge is -2.25. The van der Waals surface area contributed by atoms with Crippen molar-refractivity contribution in [2.45, 2.75) is 25.3 Å². The average molecular weight is 421 g/mol. The maximum atomic E-state index is 13.4. The highest BCUT2D eigenvalue weighted by atomic mass is 35.5. The van der Waals surface area contributed by atoms with Gasteiger partial charge in [-0.15, -0.1) is 0 Å². The van der Waals surface area contributed by atoms with Crippen LogP contribution in [0.5, 0.6) is 0 Å². The molecule has 0 aromatic heterocycles. The van der Waals surface area contributed by atoms with Gasteiger partial charge in [0.1, 0.15) is 11.5 Å². The van der Waals surface area contributed by atoms with Crippen molar-refractivity contribution in [2.75, 3.05) is 18.1 Å². The molecule has 2 heterocycles. The third-order valence-corrected chi connectivity index (χ3v) is 5.49. The highest BCUT2D eigenvalue weighted by molar-refractivity contribution is 6.40. The second-order valence-corrected chi connectivity index (χ2v) is 7.74. The van der Waals surface area contributed by atoms with Crippen LogP contribution in [0, 0.1) is 5.82 Å². The first-order chi connectivity index (χ1) is 13.5. The molecular weight excluding hydrogens is 402 g/mol. The monoisotopic (exact) mass is 420 g/mol. The molecule has 28 heavy (non-hydrogen) atoms. The van der Waals surface area contributed by atoms with Gasteiger partial charge in [0.2, 0.25) is 0 Å². The maximum absolute atomic E-state index is 13.4. The fraction of sp³-hybridized carbons (Fsp3) is 0.300. The second kappa shape index (κ2) is 8.07. The molecule has 0 radical (unpaired) electrons. The van der Waals surface area contributed by atoms with Gasteiger partial charge < -0.3 is 0 Å². The summed E-state index contributed by atoms with van der Waals surface area (Å²) in [6, 6.07) is 11.1. The Labute approximate surface area is 172 Å². The lowest BCUT2D eigenvalue weighted by atomic mass is 10.0. The Kier molecular flexibility index (Phi) is 5.53. The van der Waals surface area contributed by atoms with E-state index in [1.54, 1.807) is 35.3 Å². The minimum atomic E-state index is -0.314. The van der Waals surface area contributed by atoms with Crippen molar-refractivity contribution in [2.24, 2.45) is 5.10 Å². The van der Waals surface area contributed by atoms with Crippen LogP contribution in [0.2, 0.25) is 10.0 Å². The first kappa shape index (κ1) is 19.2. The number of hydrogen-bond acceptors (Lipinski definition) is 4. The van der Waals surface area contributed by atoms with Gasteiger partial charge >= 0.3 is 0 Å². The summed E-state index contributed by atoms with van der Waals surface area (Å²) in [7, 11) is 0. The van der Waals surface area contributed by atoms with E-state index >= 15 is 0 Å². The average Bonchev–Trinajstić information content (AvgIpc) is 3.32. The number of benzene rings is 2. The van der Waals surface area contributed by atoms with Crippen LogP contribution >= 0.6 is 23.2 Å². The number of nitrogens with zero attached hydrogens (tertiary/aromatic N) is 3. The molecule has 1 saturated heterocycles. The summed E-state index contributed by atoms with van der Waals surface area (Å²) in [5.41, 5.74) is 4.82. The maximum Gasteiger partial charge on any atom is 0.281 e. The number of halogens is 3. The normalized spacial score (nSPS) is 19.8. The van der Waals surface area contributed by atoms with Crippen molar-refractivity contribution in [3.05, 3.63) is 63.9 Å². The molecule has 2 aromatic rings. The van der Waals surface area contributed by atoms with E-state index in [0.717, 1.165) is 31.5 Å². The fourth-order valence-corrected chi connectivity index (χ4v) is 4.01. The van der Waals surface area contributed by atoms with Crippen LogP contribution in [0.1, 0.15) is 30.9 Å². The number of rotatable bonds is 4. The number of nitrogens with one attached hydrogen (secondary N) is 1. The summed E-state index contributed by atoms with van der Waals surface area (Å²) in [6.07, 6.45) is 2.53. The van der Waals surface area contributed by atoms with Crippen LogP contribution < -0.4 is 10.4 Å². The smallest absolute Gasteiger partial charge is 0.281 e. The van der Waals surface area contributed by atoms with E-state index in [4.69, 9.17) is 23.2 Å². The van der Waals surface area contributed by atoms with Gasteiger partial charge in [-0.2, -0.15) is 5.10 Å². The van der Waals surface area contributed by atoms with E-state index in [9.17, 15) is 9.18 Å². The topological polar surface area (TPSA) is 47.9 Å². The van der Waals surface area contributed by atoms with Crippen molar-refractivity contribution in [1.29, 1.82) is 0 Å². The van der Waals surface area contributed by atoms with Crippen molar-refractivity contribution < 1.29 is 9.18 Å². The third-order valence-electron chi connectivity index (χ3n) is 4.95. The van der Waals surface area contributed by atoms with Gasteiger partial charge in [0.15, 0.2) is 0 Å². The number of carbonyl (C=O) groups is 1. The van der Waals surface area contributed by atoms with Crippen molar-refractivity contribution in [3.63, 3.8) is 0 Å². The minimum Gasteiger partial charge on any atom is -0.284 e. The molecule has 1 atom stereocenters. The van der Waals surface area contributed by atoms with E-state index < -0.39 is 0 Å². The molecule has 0 spiro atoms. The molecule has 1 fully saturated rings. The van der Waals surface area contributed by atoms with Crippen LogP contribution in [0.4, 0.5) is 10.1 Å². The molecular formula is C20H19Cl2FN4O. The van der Waals surface area contributed by atoms with Crippen LogP contribution in [0.25, 0.3) is 0 Å². The lowest BCUT2D eigenvalue weighted by molar-refractivity contribution is -0.119. The molecule has 2 aliphatic heterocycles. The molecule has 146 valence electrons. The number of hydrogen-bond donors (Lipinski definition) is 1. The van der Waals surface area contributed by atoms with Gasteiger partial charge in [-0.05, 0) is 48.7 Å². The fourth-order valence-electron chi connectivity index (χ4n) is 3.52. The molecule has 0 saturated carbocycles. The SMILES string of the molecule is O=C(NN1CCCC1)C1=NN(c2ccc(Cl)cc2Cl)C(c2ccc(F)cc2)C1. The Morgan fingerprint density at radius 3 is 2.50 bits per heavy atom. The predicted molar refractivity (Wildman–Crippen MR) is 109 cm³/mol. The molecule has 2 aromatic carbocycles. The zero-order valence-electron chi connectivity index (χ0n) is 15.0. The summed E-state index contributed by atoms with van der Waals surface area (Å²) in [4.78, 5) is 12.7. The summed E-state index contributed by atoms with van der Waals surface area (Å²) < 4.78 is 13.4. The van der Waals surface area contributed by atoms with Gasteiger partial charge in [-0.25, -0.2) is 9.40 Å². The van der Waals surface area contributed by atoms with Crippen LogP contribution in [0.3, 0.4) is 0 Å². The Bertz CT molecular complexity index is 913. The highest BCUT2D eigenvalue weighted by Gasteiger charge is 2.34. The number of hydrazine groups is 1. The number of carbonyl (C=O) groups excluding carboxylic acids is 1. The molecule has 1 amide bonds. The molecule has 0 bridgehead atoms. The molecule has 0 aliphatic carbocycles. The summed E-state index contributed by atoms with van der Waals surface area (Å²) in [5, 5.41) is 9.14. The van der Waals surface area contributed by atoms with Gasteiger partial charge in [0, 0.05) is 24.5 Å². The molecule has 8 heteroatoms. The summed E-state index contributed by atoms with van der Waals surface area (Å²) in [5.74, 6) is -0.535. The first-order valence-electron chi connectivity index (χ1n) is 9.14. The molecule has 4 rings (SSSR count). The zero-order chi connectivity index (χ0) is 19.7. The van der Waals surface area contributed by atoms with Crippen LogP contribution in [-0.2, 0) is 4.79 Å². The van der Waals surface area contributed by atoms with Crippen LogP contribution in [-0.4, -0.2) is 29.7 Å². The molecule has 1 unspecified atom stereocenters. The highest BCUT2D eigenvalue weighted by Crippen LogP contribution is 2.39.